The summed E-state index contributed by atoms with van der Waals surface area (Å²) in [6.07, 6.45) is 1.75. The van der Waals surface area contributed by atoms with E-state index >= 15 is 0 Å². The van der Waals surface area contributed by atoms with E-state index < -0.39 is 0 Å². The first kappa shape index (κ1) is 20.0. The fourth-order valence-corrected chi connectivity index (χ4v) is 2.86. The van der Waals surface area contributed by atoms with Gasteiger partial charge in [0.25, 0.3) is 0 Å². The van der Waals surface area contributed by atoms with Crippen LogP contribution in [0.3, 0.4) is 0 Å². The Kier molecular flexibility index (Phi) is 5.97. The van der Waals surface area contributed by atoms with Crippen molar-refractivity contribution in [1.29, 1.82) is 5.41 Å². The van der Waals surface area contributed by atoms with Gasteiger partial charge in [-0.05, 0) is 72.7 Å². The molecule has 0 bridgehead atoms. The highest BCUT2D eigenvalue weighted by molar-refractivity contribution is 6.62. The monoisotopic (exact) mass is 345 g/mol. The Morgan fingerprint density at radius 2 is 1.76 bits per heavy atom. The van der Waals surface area contributed by atoms with Crippen LogP contribution in [0.5, 0.6) is 0 Å². The van der Waals surface area contributed by atoms with Crippen LogP contribution in [0.1, 0.15) is 46.1 Å². The van der Waals surface area contributed by atoms with Crippen LogP contribution >= 0.6 is 0 Å². The van der Waals surface area contributed by atoms with Gasteiger partial charge >= 0.3 is 7.12 Å². The highest BCUT2D eigenvalue weighted by Crippen LogP contribution is 2.36. The summed E-state index contributed by atoms with van der Waals surface area (Å²) < 4.78 is 12.3. The number of hydrogen-bond donors (Lipinski definition) is 2. The number of nitrogens with zero attached hydrogens (tertiary/aromatic N) is 1. The van der Waals surface area contributed by atoms with Crippen molar-refractivity contribution in [3.63, 3.8) is 0 Å². The summed E-state index contributed by atoms with van der Waals surface area (Å²) in [6.45, 7) is 9.21. The van der Waals surface area contributed by atoms with Crippen molar-refractivity contribution in [2.45, 2.75) is 51.7 Å². The van der Waals surface area contributed by atoms with Crippen LogP contribution in [0.25, 0.3) is 0 Å². The molecule has 1 heterocycles. The second kappa shape index (κ2) is 7.48. The molecule has 1 saturated heterocycles. The Morgan fingerprint density at radius 1 is 1.16 bits per heavy atom. The van der Waals surface area contributed by atoms with E-state index in [-0.39, 0.29) is 18.3 Å². The molecular weight excluding hydrogens is 313 g/mol. The zero-order chi connectivity index (χ0) is 18.8. The number of benzene rings is 1. The van der Waals surface area contributed by atoms with E-state index in [9.17, 15) is 0 Å². The van der Waals surface area contributed by atoms with Gasteiger partial charge < -0.3 is 24.9 Å². The first-order valence-electron chi connectivity index (χ1n) is 8.97. The maximum absolute atomic E-state index is 8.40. The van der Waals surface area contributed by atoms with Gasteiger partial charge in [-0.1, -0.05) is 12.1 Å². The lowest BCUT2D eigenvalue weighted by Crippen LogP contribution is -2.41. The predicted octanol–water partition coefficient (Wildman–Crippen LogP) is 2.74. The lowest BCUT2D eigenvalue weighted by molar-refractivity contribution is 0.00578. The van der Waals surface area contributed by atoms with Crippen LogP contribution in [-0.2, 0) is 9.31 Å². The van der Waals surface area contributed by atoms with Gasteiger partial charge in [0.15, 0.2) is 0 Å². The Morgan fingerprint density at radius 3 is 2.28 bits per heavy atom. The van der Waals surface area contributed by atoms with E-state index in [2.05, 4.69) is 52.0 Å². The average Bonchev–Trinajstić information content (AvgIpc) is 2.74. The first-order chi connectivity index (χ1) is 11.6. The minimum Gasteiger partial charge on any atom is -0.399 e. The SMILES string of the molecule is CNc1cc(B2OC(C)(C)C(C)(C)O2)ccc1C(=N)CCCN(C)C. The molecule has 0 spiro atoms. The van der Waals surface area contributed by atoms with Crippen molar-refractivity contribution in [2.75, 3.05) is 33.0 Å². The van der Waals surface area contributed by atoms with Crippen LogP contribution in [0, 0.1) is 5.41 Å². The summed E-state index contributed by atoms with van der Waals surface area (Å²) in [4.78, 5) is 2.15. The Bertz CT molecular complexity index is 613. The molecule has 0 atom stereocenters. The molecule has 2 rings (SSSR count). The predicted molar refractivity (Wildman–Crippen MR) is 106 cm³/mol. The minimum absolute atomic E-state index is 0.352. The highest BCUT2D eigenvalue weighted by atomic mass is 16.7. The van der Waals surface area contributed by atoms with E-state index in [1.54, 1.807) is 0 Å². The Labute approximate surface area is 152 Å². The van der Waals surface area contributed by atoms with Crippen molar-refractivity contribution in [2.24, 2.45) is 0 Å². The third-order valence-electron chi connectivity index (χ3n) is 5.20. The molecule has 0 radical (unpaired) electrons. The van der Waals surface area contributed by atoms with Crippen molar-refractivity contribution in [1.82, 2.24) is 4.90 Å². The molecule has 25 heavy (non-hydrogen) atoms. The first-order valence-corrected chi connectivity index (χ1v) is 8.97. The molecule has 138 valence electrons. The van der Waals surface area contributed by atoms with E-state index in [1.807, 2.05) is 25.2 Å². The summed E-state index contributed by atoms with van der Waals surface area (Å²) in [6, 6.07) is 6.06. The quantitative estimate of drug-likeness (QED) is 0.589. The lowest BCUT2D eigenvalue weighted by atomic mass is 9.78. The minimum atomic E-state index is -0.380. The molecular formula is C19H32BN3O2. The summed E-state index contributed by atoms with van der Waals surface area (Å²) in [7, 11) is 5.62. The summed E-state index contributed by atoms with van der Waals surface area (Å²) in [5.74, 6) is 0. The van der Waals surface area contributed by atoms with E-state index in [0.717, 1.165) is 36.1 Å². The smallest absolute Gasteiger partial charge is 0.399 e. The van der Waals surface area contributed by atoms with Crippen molar-refractivity contribution < 1.29 is 9.31 Å². The summed E-state index contributed by atoms with van der Waals surface area (Å²) in [5.41, 5.74) is 2.83. The van der Waals surface area contributed by atoms with Gasteiger partial charge in [0.1, 0.15) is 0 Å². The van der Waals surface area contributed by atoms with Crippen LogP contribution in [0.4, 0.5) is 5.69 Å². The van der Waals surface area contributed by atoms with Gasteiger partial charge in [-0.25, -0.2) is 0 Å². The van der Waals surface area contributed by atoms with Gasteiger partial charge in [-0.2, -0.15) is 0 Å². The Balaban J connectivity index is 2.16. The van der Waals surface area contributed by atoms with Crippen LogP contribution in [-0.4, -0.2) is 56.6 Å². The van der Waals surface area contributed by atoms with Crippen LogP contribution in [0.15, 0.2) is 18.2 Å². The number of nitrogens with one attached hydrogen (secondary N) is 2. The second-order valence-electron chi connectivity index (χ2n) is 8.03. The molecule has 2 N–H and O–H groups in total. The summed E-state index contributed by atoms with van der Waals surface area (Å²) >= 11 is 0. The van der Waals surface area contributed by atoms with Gasteiger partial charge in [0.2, 0.25) is 0 Å². The number of hydrogen-bond acceptors (Lipinski definition) is 5. The normalized spacial score (nSPS) is 18.6. The largest absolute Gasteiger partial charge is 0.494 e. The van der Waals surface area contributed by atoms with Gasteiger partial charge in [0, 0.05) is 24.0 Å². The standard InChI is InChI=1S/C19H32BN3O2/c1-18(2)19(3,4)25-20(24-18)14-10-11-15(17(13-14)22-5)16(21)9-8-12-23(6)7/h10-11,13,21-22H,8-9,12H2,1-7H3. The molecule has 1 aromatic rings. The number of rotatable bonds is 7. The Hall–Kier alpha value is -1.37. The van der Waals surface area contributed by atoms with Crippen LogP contribution < -0.4 is 10.8 Å². The van der Waals surface area contributed by atoms with Gasteiger partial charge in [-0.3, -0.25) is 0 Å². The fourth-order valence-electron chi connectivity index (χ4n) is 2.86. The zero-order valence-corrected chi connectivity index (χ0v) is 16.7. The third kappa shape index (κ3) is 4.43. The maximum atomic E-state index is 8.40. The molecule has 1 fully saturated rings. The highest BCUT2D eigenvalue weighted by Gasteiger charge is 2.51. The fraction of sp³-hybridized carbons (Fsp3) is 0.632. The average molecular weight is 345 g/mol. The van der Waals surface area contributed by atoms with Gasteiger partial charge in [-0.15, -0.1) is 0 Å². The molecule has 0 amide bonds. The van der Waals surface area contributed by atoms with Crippen molar-refractivity contribution in [3.8, 4) is 0 Å². The van der Waals surface area contributed by atoms with Crippen molar-refractivity contribution in [3.05, 3.63) is 23.8 Å². The summed E-state index contributed by atoms with van der Waals surface area (Å²) in [5, 5.41) is 11.6. The molecule has 0 aromatic heterocycles. The maximum Gasteiger partial charge on any atom is 0.494 e. The molecule has 5 nitrogen and oxygen atoms in total. The molecule has 6 heteroatoms. The molecule has 0 aliphatic carbocycles. The topological polar surface area (TPSA) is 57.6 Å². The molecule has 0 unspecified atom stereocenters. The lowest BCUT2D eigenvalue weighted by Gasteiger charge is -2.32. The molecule has 1 aromatic carbocycles. The molecule has 1 aliphatic rings. The number of anilines is 1. The van der Waals surface area contributed by atoms with E-state index in [4.69, 9.17) is 14.7 Å². The van der Waals surface area contributed by atoms with E-state index in [1.165, 1.54) is 0 Å². The van der Waals surface area contributed by atoms with Gasteiger partial charge in [0.05, 0.1) is 11.2 Å². The van der Waals surface area contributed by atoms with Crippen LogP contribution in [0.2, 0.25) is 0 Å². The van der Waals surface area contributed by atoms with Crippen molar-refractivity contribution >= 4 is 24.0 Å². The molecule has 1 aliphatic heterocycles. The zero-order valence-electron chi connectivity index (χ0n) is 16.7. The van der Waals surface area contributed by atoms with E-state index in [0.29, 0.717) is 5.71 Å². The molecule has 0 saturated carbocycles. The third-order valence-corrected chi connectivity index (χ3v) is 5.20. The second-order valence-corrected chi connectivity index (χ2v) is 8.03.